The van der Waals surface area contributed by atoms with E-state index < -0.39 is 0 Å². The topological polar surface area (TPSA) is 41.6 Å². The molecule has 0 aromatic heterocycles. The predicted molar refractivity (Wildman–Crippen MR) is 119 cm³/mol. The molecule has 148 valence electrons. The van der Waals surface area contributed by atoms with E-state index in [-0.39, 0.29) is 24.7 Å². The van der Waals surface area contributed by atoms with Crippen LogP contribution in [0.2, 0.25) is 5.02 Å². The summed E-state index contributed by atoms with van der Waals surface area (Å²) in [5.41, 5.74) is 4.09. The zero-order valence-electron chi connectivity index (χ0n) is 15.8. The van der Waals surface area contributed by atoms with E-state index in [9.17, 15) is 4.79 Å². The number of ether oxygens (including phenoxy) is 1. The van der Waals surface area contributed by atoms with Crippen LogP contribution in [0.5, 0.6) is 0 Å². The summed E-state index contributed by atoms with van der Waals surface area (Å²) in [5.74, 6) is -0.303. The number of hydrogen-bond acceptors (Lipinski definition) is 4. The van der Waals surface area contributed by atoms with Gasteiger partial charge >= 0.3 is 5.97 Å². The van der Waals surface area contributed by atoms with Gasteiger partial charge in [-0.1, -0.05) is 76.1 Å². The smallest absolute Gasteiger partial charge is 0.319 e. The van der Waals surface area contributed by atoms with Crippen molar-refractivity contribution in [2.75, 3.05) is 19.0 Å². The second-order valence-electron chi connectivity index (χ2n) is 6.86. The summed E-state index contributed by atoms with van der Waals surface area (Å²) in [6.45, 7) is 0.116. The molecule has 0 bridgehead atoms. The van der Waals surface area contributed by atoms with E-state index in [1.807, 2.05) is 48.5 Å². The Morgan fingerprint density at radius 3 is 2.52 bits per heavy atom. The predicted octanol–water partition coefficient (Wildman–Crippen LogP) is 5.79. The van der Waals surface area contributed by atoms with Crippen LogP contribution in [0.15, 0.2) is 77.3 Å². The van der Waals surface area contributed by atoms with Crippen LogP contribution < -0.4 is 5.32 Å². The fourth-order valence-corrected chi connectivity index (χ4v) is 4.42. The SMILES string of the molecule is COC(=O)CN1[C@H](c2ccccc2)c2cc(Br)ccc2N[C@@H]1c1ccccc1Cl. The molecule has 0 spiro atoms. The Labute approximate surface area is 183 Å². The van der Waals surface area contributed by atoms with Crippen molar-refractivity contribution < 1.29 is 9.53 Å². The summed E-state index contributed by atoms with van der Waals surface area (Å²) in [4.78, 5) is 14.5. The first-order chi connectivity index (χ1) is 14.1. The second-order valence-corrected chi connectivity index (χ2v) is 8.18. The van der Waals surface area contributed by atoms with Gasteiger partial charge in [-0.05, 0) is 35.4 Å². The molecule has 0 aliphatic carbocycles. The number of methoxy groups -OCH3 is 1. The van der Waals surface area contributed by atoms with Crippen LogP contribution in [0.3, 0.4) is 0 Å². The van der Waals surface area contributed by atoms with Gasteiger partial charge in [-0.3, -0.25) is 9.69 Å². The van der Waals surface area contributed by atoms with Gasteiger partial charge in [-0.2, -0.15) is 0 Å². The van der Waals surface area contributed by atoms with Crippen molar-refractivity contribution in [1.29, 1.82) is 0 Å². The highest BCUT2D eigenvalue weighted by Crippen LogP contribution is 2.45. The van der Waals surface area contributed by atoms with Gasteiger partial charge in [-0.25, -0.2) is 0 Å². The summed E-state index contributed by atoms with van der Waals surface area (Å²) in [6.07, 6.45) is -0.290. The lowest BCUT2D eigenvalue weighted by Gasteiger charge is -2.44. The lowest BCUT2D eigenvalue weighted by atomic mass is 9.91. The zero-order valence-corrected chi connectivity index (χ0v) is 18.2. The number of fused-ring (bicyclic) bond motifs is 1. The molecule has 0 fully saturated rings. The number of hydrogen-bond donors (Lipinski definition) is 1. The molecule has 1 heterocycles. The van der Waals surface area contributed by atoms with Crippen molar-refractivity contribution in [1.82, 2.24) is 4.90 Å². The Morgan fingerprint density at radius 2 is 1.79 bits per heavy atom. The number of carbonyl (C=O) groups excluding carboxylic acids is 1. The molecular formula is C23H20BrClN2O2. The number of anilines is 1. The van der Waals surface area contributed by atoms with Crippen LogP contribution in [-0.2, 0) is 9.53 Å². The first kappa shape index (κ1) is 20.0. The number of rotatable bonds is 4. The first-order valence-electron chi connectivity index (χ1n) is 9.26. The van der Waals surface area contributed by atoms with Gasteiger partial charge in [0.15, 0.2) is 0 Å². The number of halogens is 2. The molecule has 0 saturated carbocycles. The lowest BCUT2D eigenvalue weighted by Crippen LogP contribution is -2.44. The summed E-state index contributed by atoms with van der Waals surface area (Å²) < 4.78 is 5.99. The molecule has 4 rings (SSSR count). The van der Waals surface area contributed by atoms with Gasteiger partial charge < -0.3 is 10.1 Å². The Kier molecular flexibility index (Phi) is 5.90. The number of nitrogens with zero attached hydrogens (tertiary/aromatic N) is 1. The molecule has 1 aliphatic heterocycles. The van der Waals surface area contributed by atoms with Crippen LogP contribution in [0.25, 0.3) is 0 Å². The minimum atomic E-state index is -0.303. The standard InChI is InChI=1S/C23H20BrClN2O2/c1-29-21(28)14-27-22(15-7-3-2-4-8-15)18-13-16(24)11-12-20(18)26-23(27)17-9-5-6-10-19(17)25/h2-13,22-23,26H,14H2,1H3/t22-,23+/m1/s1. The maximum atomic E-state index is 12.4. The maximum absolute atomic E-state index is 12.4. The third kappa shape index (κ3) is 4.04. The Hall–Kier alpha value is -2.34. The molecule has 1 N–H and O–H groups in total. The van der Waals surface area contributed by atoms with Crippen LogP contribution in [0.1, 0.15) is 28.9 Å². The Balaban J connectivity index is 1.91. The molecule has 3 aromatic rings. The number of carbonyl (C=O) groups is 1. The Morgan fingerprint density at radius 1 is 1.07 bits per heavy atom. The minimum Gasteiger partial charge on any atom is -0.468 e. The van der Waals surface area contributed by atoms with E-state index in [0.717, 1.165) is 26.9 Å². The quantitative estimate of drug-likeness (QED) is 0.489. The van der Waals surface area contributed by atoms with E-state index in [4.69, 9.17) is 16.3 Å². The molecule has 0 unspecified atom stereocenters. The van der Waals surface area contributed by atoms with E-state index in [0.29, 0.717) is 5.02 Å². The molecule has 4 nitrogen and oxygen atoms in total. The lowest BCUT2D eigenvalue weighted by molar-refractivity contribution is -0.143. The molecule has 1 aliphatic rings. The minimum absolute atomic E-state index is 0.116. The number of esters is 1. The molecule has 0 amide bonds. The molecular weight excluding hydrogens is 452 g/mol. The normalized spacial score (nSPS) is 18.6. The van der Waals surface area contributed by atoms with Crippen molar-refractivity contribution in [3.63, 3.8) is 0 Å². The van der Waals surface area contributed by atoms with Gasteiger partial charge in [-0.15, -0.1) is 0 Å². The van der Waals surface area contributed by atoms with Crippen molar-refractivity contribution >= 4 is 39.2 Å². The highest BCUT2D eigenvalue weighted by molar-refractivity contribution is 9.10. The van der Waals surface area contributed by atoms with Gasteiger partial charge in [0.2, 0.25) is 0 Å². The zero-order chi connectivity index (χ0) is 20.4. The van der Waals surface area contributed by atoms with E-state index in [1.165, 1.54) is 7.11 Å². The maximum Gasteiger partial charge on any atom is 0.319 e. The average Bonchev–Trinajstić information content (AvgIpc) is 2.74. The monoisotopic (exact) mass is 470 g/mol. The first-order valence-corrected chi connectivity index (χ1v) is 10.4. The average molecular weight is 472 g/mol. The number of nitrogens with one attached hydrogen (secondary N) is 1. The molecule has 0 saturated heterocycles. The number of benzene rings is 3. The largest absolute Gasteiger partial charge is 0.468 e. The van der Waals surface area contributed by atoms with Gasteiger partial charge in [0, 0.05) is 20.7 Å². The summed E-state index contributed by atoms with van der Waals surface area (Å²) in [5, 5.41) is 4.22. The van der Waals surface area contributed by atoms with Crippen molar-refractivity contribution in [2.45, 2.75) is 12.2 Å². The fourth-order valence-electron chi connectivity index (χ4n) is 3.80. The van der Waals surface area contributed by atoms with Gasteiger partial charge in [0.25, 0.3) is 0 Å². The van der Waals surface area contributed by atoms with Crippen molar-refractivity contribution in [2.24, 2.45) is 0 Å². The van der Waals surface area contributed by atoms with E-state index in [2.05, 4.69) is 50.4 Å². The highest BCUT2D eigenvalue weighted by atomic mass is 79.9. The van der Waals surface area contributed by atoms with Crippen LogP contribution in [0.4, 0.5) is 5.69 Å². The van der Waals surface area contributed by atoms with Crippen molar-refractivity contribution in [3.8, 4) is 0 Å². The van der Waals surface area contributed by atoms with Crippen LogP contribution in [0, 0.1) is 0 Å². The van der Waals surface area contributed by atoms with E-state index >= 15 is 0 Å². The summed E-state index contributed by atoms with van der Waals surface area (Å²) in [7, 11) is 1.41. The fraction of sp³-hybridized carbons (Fsp3) is 0.174. The Bertz CT molecular complexity index is 1030. The third-order valence-corrected chi connectivity index (χ3v) is 5.96. The van der Waals surface area contributed by atoms with E-state index in [1.54, 1.807) is 0 Å². The summed E-state index contributed by atoms with van der Waals surface area (Å²) in [6, 6.07) is 23.9. The molecule has 2 atom stereocenters. The molecule has 6 heteroatoms. The van der Waals surface area contributed by atoms with Crippen LogP contribution in [-0.4, -0.2) is 24.5 Å². The molecule has 0 radical (unpaired) electrons. The van der Waals surface area contributed by atoms with Crippen LogP contribution >= 0.6 is 27.5 Å². The molecule has 29 heavy (non-hydrogen) atoms. The third-order valence-electron chi connectivity index (χ3n) is 5.12. The molecule has 3 aromatic carbocycles. The van der Waals surface area contributed by atoms with Gasteiger partial charge in [0.05, 0.1) is 19.7 Å². The van der Waals surface area contributed by atoms with Crippen molar-refractivity contribution in [3.05, 3.63) is 99.0 Å². The van der Waals surface area contributed by atoms with Gasteiger partial charge in [0.1, 0.15) is 6.17 Å². The summed E-state index contributed by atoms with van der Waals surface area (Å²) >= 11 is 10.1. The highest BCUT2D eigenvalue weighted by Gasteiger charge is 2.38. The second kappa shape index (κ2) is 8.57.